The standard InChI is InChI=1S/C10H18N2O/c1-8(2)3-4-9-7-12-10(13-9)5-6-11/h7-8H,3-6,11H2,1-2H3. The zero-order valence-corrected chi connectivity index (χ0v) is 8.42. The third kappa shape index (κ3) is 3.59. The number of rotatable bonds is 5. The van der Waals surface area contributed by atoms with Gasteiger partial charge in [-0.25, -0.2) is 4.98 Å². The van der Waals surface area contributed by atoms with E-state index in [0.29, 0.717) is 12.5 Å². The van der Waals surface area contributed by atoms with E-state index in [9.17, 15) is 0 Å². The van der Waals surface area contributed by atoms with Crippen molar-refractivity contribution in [1.82, 2.24) is 4.98 Å². The summed E-state index contributed by atoms with van der Waals surface area (Å²) in [5.41, 5.74) is 5.39. The van der Waals surface area contributed by atoms with Gasteiger partial charge in [-0.1, -0.05) is 13.8 Å². The third-order valence-electron chi connectivity index (χ3n) is 1.93. The molecule has 0 aromatic carbocycles. The van der Waals surface area contributed by atoms with Gasteiger partial charge in [0.2, 0.25) is 0 Å². The Kier molecular flexibility index (Phi) is 3.96. The summed E-state index contributed by atoms with van der Waals surface area (Å²) in [6, 6.07) is 0. The minimum atomic E-state index is 0.601. The summed E-state index contributed by atoms with van der Waals surface area (Å²) in [6.07, 6.45) is 4.68. The van der Waals surface area contributed by atoms with Crippen LogP contribution in [0.2, 0.25) is 0 Å². The smallest absolute Gasteiger partial charge is 0.195 e. The highest BCUT2D eigenvalue weighted by molar-refractivity contribution is 4.94. The van der Waals surface area contributed by atoms with Crippen LogP contribution >= 0.6 is 0 Å². The van der Waals surface area contributed by atoms with Crippen molar-refractivity contribution in [3.63, 3.8) is 0 Å². The minimum Gasteiger partial charge on any atom is -0.446 e. The summed E-state index contributed by atoms with van der Waals surface area (Å²) in [4.78, 5) is 4.14. The van der Waals surface area contributed by atoms with E-state index < -0.39 is 0 Å². The second-order valence-electron chi connectivity index (χ2n) is 3.69. The molecule has 0 unspecified atom stereocenters. The van der Waals surface area contributed by atoms with E-state index in [1.165, 1.54) is 0 Å². The van der Waals surface area contributed by atoms with E-state index in [1.54, 1.807) is 0 Å². The first-order valence-corrected chi connectivity index (χ1v) is 4.86. The van der Waals surface area contributed by atoms with Gasteiger partial charge in [0, 0.05) is 19.4 Å². The Labute approximate surface area is 79.3 Å². The van der Waals surface area contributed by atoms with Gasteiger partial charge in [0.1, 0.15) is 5.76 Å². The molecule has 0 amide bonds. The van der Waals surface area contributed by atoms with Gasteiger partial charge >= 0.3 is 0 Å². The van der Waals surface area contributed by atoms with Crippen molar-refractivity contribution >= 4 is 0 Å². The summed E-state index contributed by atoms with van der Waals surface area (Å²) >= 11 is 0. The van der Waals surface area contributed by atoms with Gasteiger partial charge in [0.25, 0.3) is 0 Å². The Hall–Kier alpha value is -0.830. The molecule has 1 heterocycles. The monoisotopic (exact) mass is 182 g/mol. The molecule has 0 aliphatic heterocycles. The van der Waals surface area contributed by atoms with Crippen LogP contribution in [-0.2, 0) is 12.8 Å². The van der Waals surface area contributed by atoms with Gasteiger partial charge in [-0.2, -0.15) is 0 Å². The lowest BCUT2D eigenvalue weighted by Crippen LogP contribution is -2.02. The van der Waals surface area contributed by atoms with E-state index in [-0.39, 0.29) is 0 Å². The summed E-state index contributed by atoms with van der Waals surface area (Å²) in [5, 5.41) is 0. The normalized spacial score (nSPS) is 11.1. The SMILES string of the molecule is CC(C)CCc1cnc(CCN)o1. The second kappa shape index (κ2) is 5.02. The molecule has 0 bridgehead atoms. The van der Waals surface area contributed by atoms with Crippen LogP contribution in [0.15, 0.2) is 10.6 Å². The molecule has 3 heteroatoms. The van der Waals surface area contributed by atoms with E-state index in [2.05, 4.69) is 18.8 Å². The van der Waals surface area contributed by atoms with E-state index in [1.807, 2.05) is 6.20 Å². The Morgan fingerprint density at radius 3 is 2.85 bits per heavy atom. The van der Waals surface area contributed by atoms with Crippen molar-refractivity contribution < 1.29 is 4.42 Å². The average molecular weight is 182 g/mol. The van der Waals surface area contributed by atoms with Crippen LogP contribution in [0.25, 0.3) is 0 Å². The maximum Gasteiger partial charge on any atom is 0.195 e. The van der Waals surface area contributed by atoms with Crippen molar-refractivity contribution in [2.75, 3.05) is 6.54 Å². The first-order chi connectivity index (χ1) is 6.22. The lowest BCUT2D eigenvalue weighted by Gasteiger charge is -2.00. The van der Waals surface area contributed by atoms with E-state index in [0.717, 1.165) is 30.9 Å². The fourth-order valence-corrected chi connectivity index (χ4v) is 1.13. The van der Waals surface area contributed by atoms with Gasteiger partial charge in [-0.05, 0) is 12.3 Å². The molecular formula is C10H18N2O. The predicted octanol–water partition coefficient (Wildman–Crippen LogP) is 1.76. The molecule has 1 aromatic heterocycles. The highest BCUT2D eigenvalue weighted by Gasteiger charge is 2.03. The molecule has 3 nitrogen and oxygen atoms in total. The molecule has 0 saturated heterocycles. The van der Waals surface area contributed by atoms with Crippen LogP contribution in [0.1, 0.15) is 31.9 Å². The van der Waals surface area contributed by atoms with Gasteiger partial charge in [-0.15, -0.1) is 0 Å². The number of hydrogen-bond acceptors (Lipinski definition) is 3. The lowest BCUT2D eigenvalue weighted by molar-refractivity contribution is 0.437. The van der Waals surface area contributed by atoms with E-state index in [4.69, 9.17) is 10.2 Å². The Morgan fingerprint density at radius 2 is 2.23 bits per heavy atom. The molecule has 0 fully saturated rings. The van der Waals surface area contributed by atoms with Crippen LogP contribution in [-0.4, -0.2) is 11.5 Å². The van der Waals surface area contributed by atoms with Crippen molar-refractivity contribution in [3.05, 3.63) is 17.8 Å². The summed E-state index contributed by atoms with van der Waals surface area (Å²) < 4.78 is 5.48. The Morgan fingerprint density at radius 1 is 1.46 bits per heavy atom. The molecule has 0 aliphatic carbocycles. The molecule has 0 radical (unpaired) electrons. The van der Waals surface area contributed by atoms with Crippen molar-refractivity contribution in [3.8, 4) is 0 Å². The summed E-state index contributed by atoms with van der Waals surface area (Å²) in [5.74, 6) is 2.46. The van der Waals surface area contributed by atoms with Crippen LogP contribution in [0.4, 0.5) is 0 Å². The number of hydrogen-bond donors (Lipinski definition) is 1. The quantitative estimate of drug-likeness (QED) is 0.755. The van der Waals surface area contributed by atoms with Crippen LogP contribution in [0, 0.1) is 5.92 Å². The summed E-state index contributed by atoms with van der Waals surface area (Å²) in [6.45, 7) is 5.01. The topological polar surface area (TPSA) is 52.0 Å². The molecule has 74 valence electrons. The van der Waals surface area contributed by atoms with Crippen LogP contribution in [0.3, 0.4) is 0 Å². The zero-order chi connectivity index (χ0) is 9.68. The highest BCUT2D eigenvalue weighted by atomic mass is 16.4. The molecular weight excluding hydrogens is 164 g/mol. The number of nitrogens with two attached hydrogens (primary N) is 1. The highest BCUT2D eigenvalue weighted by Crippen LogP contribution is 2.10. The van der Waals surface area contributed by atoms with Gasteiger partial charge in [-0.3, -0.25) is 0 Å². The number of aryl methyl sites for hydroxylation is 1. The molecule has 0 spiro atoms. The number of nitrogens with zero attached hydrogens (tertiary/aromatic N) is 1. The van der Waals surface area contributed by atoms with Crippen molar-refractivity contribution in [1.29, 1.82) is 0 Å². The van der Waals surface area contributed by atoms with E-state index >= 15 is 0 Å². The molecule has 2 N–H and O–H groups in total. The lowest BCUT2D eigenvalue weighted by atomic mass is 10.1. The fourth-order valence-electron chi connectivity index (χ4n) is 1.13. The molecule has 0 aliphatic rings. The van der Waals surface area contributed by atoms with Crippen molar-refractivity contribution in [2.24, 2.45) is 11.7 Å². The fraction of sp³-hybridized carbons (Fsp3) is 0.700. The van der Waals surface area contributed by atoms with Gasteiger partial charge in [0.05, 0.1) is 6.20 Å². The predicted molar refractivity (Wildman–Crippen MR) is 52.4 cm³/mol. The molecule has 0 saturated carbocycles. The molecule has 1 aromatic rings. The minimum absolute atomic E-state index is 0.601. The van der Waals surface area contributed by atoms with Crippen LogP contribution in [0.5, 0.6) is 0 Å². The molecule has 13 heavy (non-hydrogen) atoms. The summed E-state index contributed by atoms with van der Waals surface area (Å²) in [7, 11) is 0. The zero-order valence-electron chi connectivity index (χ0n) is 8.42. The maximum absolute atomic E-state index is 5.48. The Balaban J connectivity index is 2.39. The van der Waals surface area contributed by atoms with Gasteiger partial charge < -0.3 is 10.2 Å². The Bertz CT molecular complexity index is 243. The van der Waals surface area contributed by atoms with Crippen LogP contribution < -0.4 is 5.73 Å². The largest absolute Gasteiger partial charge is 0.446 e. The third-order valence-corrected chi connectivity index (χ3v) is 1.93. The number of aromatic nitrogens is 1. The average Bonchev–Trinajstić information content (AvgIpc) is 2.50. The first kappa shape index (κ1) is 10.3. The molecule has 0 atom stereocenters. The van der Waals surface area contributed by atoms with Crippen molar-refractivity contribution in [2.45, 2.75) is 33.1 Å². The van der Waals surface area contributed by atoms with Gasteiger partial charge in [0.15, 0.2) is 5.89 Å². The maximum atomic E-state index is 5.48. The number of oxazole rings is 1. The first-order valence-electron chi connectivity index (χ1n) is 4.86. The molecule has 1 rings (SSSR count). The second-order valence-corrected chi connectivity index (χ2v) is 3.69.